The molecule has 2 aliphatic rings. The van der Waals surface area contributed by atoms with Gasteiger partial charge >= 0.3 is 0 Å². The van der Waals surface area contributed by atoms with E-state index in [0.717, 1.165) is 57.7 Å². The number of likely N-dealkylation sites (tertiary alicyclic amines) is 1. The number of ether oxygens (including phenoxy) is 1. The minimum absolute atomic E-state index is 0.474. The number of morpholine rings is 1. The van der Waals surface area contributed by atoms with Gasteiger partial charge in [0, 0.05) is 50.4 Å². The van der Waals surface area contributed by atoms with Crippen molar-refractivity contribution < 1.29 is 4.74 Å². The maximum absolute atomic E-state index is 5.45. The normalized spacial score (nSPS) is 20.6. The average molecular weight is 414 g/mol. The van der Waals surface area contributed by atoms with Gasteiger partial charge in [-0.2, -0.15) is 4.98 Å². The fourth-order valence-electron chi connectivity index (χ4n) is 4.12. The third kappa shape index (κ3) is 5.21. The molecule has 7 heteroatoms. The molecule has 0 saturated carbocycles. The Balaban J connectivity index is 1.39. The third-order valence-electron chi connectivity index (χ3n) is 5.88. The molecule has 1 unspecified atom stereocenters. The van der Waals surface area contributed by atoms with Crippen LogP contribution in [0.2, 0.25) is 0 Å². The molecule has 2 aliphatic heterocycles. The van der Waals surface area contributed by atoms with Gasteiger partial charge in [-0.05, 0) is 49.4 Å². The molecule has 1 atom stereocenters. The van der Waals surface area contributed by atoms with Crippen LogP contribution in [0.3, 0.4) is 0 Å². The number of thioether (sulfide) groups is 1. The molecule has 0 amide bonds. The van der Waals surface area contributed by atoms with E-state index in [1.54, 1.807) is 11.8 Å². The van der Waals surface area contributed by atoms with Crippen LogP contribution in [-0.4, -0.2) is 73.6 Å². The Labute approximate surface area is 178 Å². The lowest BCUT2D eigenvalue weighted by atomic mass is 10.0. The molecule has 0 bridgehead atoms. The molecule has 1 aromatic carbocycles. The van der Waals surface area contributed by atoms with Gasteiger partial charge in [0.25, 0.3) is 0 Å². The zero-order chi connectivity index (χ0) is 20.1. The van der Waals surface area contributed by atoms with Crippen LogP contribution in [0.15, 0.2) is 41.4 Å². The monoisotopic (exact) mass is 413 g/mol. The fourth-order valence-corrected chi connectivity index (χ4v) is 4.53. The van der Waals surface area contributed by atoms with E-state index in [4.69, 9.17) is 9.72 Å². The highest BCUT2D eigenvalue weighted by molar-refractivity contribution is 7.98. The lowest BCUT2D eigenvalue weighted by Gasteiger charge is -2.38. The van der Waals surface area contributed by atoms with Crippen molar-refractivity contribution >= 4 is 23.5 Å². The number of piperidine rings is 1. The summed E-state index contributed by atoms with van der Waals surface area (Å²) in [5.74, 6) is 1.83. The summed E-state index contributed by atoms with van der Waals surface area (Å²) in [6.07, 6.45) is 6.43. The molecule has 4 rings (SSSR count). The van der Waals surface area contributed by atoms with E-state index in [1.807, 2.05) is 12.3 Å². The minimum Gasteiger partial charge on any atom is -0.378 e. The first kappa shape index (κ1) is 20.4. The van der Waals surface area contributed by atoms with E-state index in [-0.39, 0.29) is 0 Å². The molecule has 29 heavy (non-hydrogen) atoms. The van der Waals surface area contributed by atoms with Crippen LogP contribution in [0.1, 0.15) is 18.4 Å². The Hall–Kier alpha value is -1.83. The number of aromatic nitrogens is 2. The van der Waals surface area contributed by atoms with Crippen LogP contribution in [0.4, 0.5) is 11.8 Å². The largest absolute Gasteiger partial charge is 0.378 e. The summed E-state index contributed by atoms with van der Waals surface area (Å²) in [7, 11) is 2.17. The van der Waals surface area contributed by atoms with E-state index in [1.165, 1.54) is 23.3 Å². The van der Waals surface area contributed by atoms with Crippen LogP contribution in [-0.2, 0) is 11.3 Å². The van der Waals surface area contributed by atoms with E-state index < -0.39 is 0 Å². The smallest absolute Gasteiger partial charge is 0.227 e. The van der Waals surface area contributed by atoms with Crippen molar-refractivity contribution in [2.45, 2.75) is 30.3 Å². The second kappa shape index (κ2) is 9.78. The molecule has 1 aromatic heterocycles. The molecule has 2 aromatic rings. The number of hydrogen-bond donors (Lipinski definition) is 0. The number of rotatable bonds is 6. The highest BCUT2D eigenvalue weighted by Gasteiger charge is 2.25. The van der Waals surface area contributed by atoms with Crippen molar-refractivity contribution in [1.82, 2.24) is 14.9 Å². The predicted octanol–water partition coefficient (Wildman–Crippen LogP) is 3.14. The van der Waals surface area contributed by atoms with Gasteiger partial charge in [0.1, 0.15) is 5.82 Å². The molecule has 0 spiro atoms. The molecule has 156 valence electrons. The third-order valence-corrected chi connectivity index (χ3v) is 6.62. The minimum atomic E-state index is 0.474. The quantitative estimate of drug-likeness (QED) is 0.674. The number of hydrogen-bond acceptors (Lipinski definition) is 7. The molecule has 6 nitrogen and oxygen atoms in total. The maximum atomic E-state index is 5.45. The van der Waals surface area contributed by atoms with Gasteiger partial charge in [0.2, 0.25) is 5.95 Å². The summed E-state index contributed by atoms with van der Waals surface area (Å²) < 4.78 is 5.45. The van der Waals surface area contributed by atoms with Gasteiger partial charge in [-0.25, -0.2) is 4.98 Å². The van der Waals surface area contributed by atoms with Crippen molar-refractivity contribution in [2.24, 2.45) is 0 Å². The molecular weight excluding hydrogens is 382 g/mol. The topological polar surface area (TPSA) is 44.7 Å². The number of nitrogens with zero attached hydrogens (tertiary/aromatic N) is 5. The van der Waals surface area contributed by atoms with Gasteiger partial charge < -0.3 is 14.5 Å². The Kier molecular flexibility index (Phi) is 6.90. The zero-order valence-corrected chi connectivity index (χ0v) is 18.3. The first-order chi connectivity index (χ1) is 14.2. The standard InChI is InChI=1S/C22H31N5OS/c1-25(21-9-10-23-22(24-21)27-12-14-28-15-13-27)19-4-3-11-26(17-19)16-18-5-7-20(29-2)8-6-18/h5-10,19H,3-4,11-17H2,1-2H3. The van der Waals surface area contributed by atoms with E-state index in [2.05, 4.69) is 57.3 Å². The highest BCUT2D eigenvalue weighted by Crippen LogP contribution is 2.23. The summed E-state index contributed by atoms with van der Waals surface area (Å²) in [6.45, 7) is 6.47. The van der Waals surface area contributed by atoms with Gasteiger partial charge in [-0.15, -0.1) is 11.8 Å². The van der Waals surface area contributed by atoms with E-state index in [0.29, 0.717) is 6.04 Å². The van der Waals surface area contributed by atoms with Crippen LogP contribution in [0.5, 0.6) is 0 Å². The maximum Gasteiger partial charge on any atom is 0.227 e. The summed E-state index contributed by atoms with van der Waals surface area (Å²) in [4.78, 5) is 17.8. The van der Waals surface area contributed by atoms with Crippen LogP contribution < -0.4 is 9.80 Å². The first-order valence-electron chi connectivity index (χ1n) is 10.5. The average Bonchev–Trinajstić information content (AvgIpc) is 2.80. The van der Waals surface area contributed by atoms with E-state index >= 15 is 0 Å². The van der Waals surface area contributed by atoms with Gasteiger partial charge in [0.05, 0.1) is 13.2 Å². The Morgan fingerprint density at radius 2 is 1.93 bits per heavy atom. The number of benzene rings is 1. The van der Waals surface area contributed by atoms with Crippen molar-refractivity contribution in [2.75, 3.05) is 62.5 Å². The molecule has 0 aliphatic carbocycles. The summed E-state index contributed by atoms with van der Waals surface area (Å²) >= 11 is 1.79. The lowest BCUT2D eigenvalue weighted by molar-refractivity contribution is 0.122. The summed E-state index contributed by atoms with van der Waals surface area (Å²) in [6, 6.07) is 11.5. The Morgan fingerprint density at radius 1 is 1.14 bits per heavy atom. The zero-order valence-electron chi connectivity index (χ0n) is 17.5. The number of likely N-dealkylation sites (N-methyl/N-ethyl adjacent to an activating group) is 1. The SMILES string of the molecule is CSc1ccc(CN2CCCC(N(C)c3ccnc(N4CCOCC4)n3)C2)cc1. The van der Waals surface area contributed by atoms with Crippen LogP contribution in [0.25, 0.3) is 0 Å². The van der Waals surface area contributed by atoms with Crippen LogP contribution >= 0.6 is 11.8 Å². The van der Waals surface area contributed by atoms with Crippen LogP contribution in [0, 0.1) is 0 Å². The fraction of sp³-hybridized carbons (Fsp3) is 0.545. The second-order valence-electron chi connectivity index (χ2n) is 7.80. The molecule has 0 N–H and O–H groups in total. The van der Waals surface area contributed by atoms with Crippen molar-refractivity contribution in [1.29, 1.82) is 0 Å². The summed E-state index contributed by atoms with van der Waals surface area (Å²) in [5.41, 5.74) is 1.39. The van der Waals surface area contributed by atoms with Crippen molar-refractivity contribution in [3.05, 3.63) is 42.1 Å². The van der Waals surface area contributed by atoms with Gasteiger partial charge in [0.15, 0.2) is 0 Å². The second-order valence-corrected chi connectivity index (χ2v) is 8.68. The lowest BCUT2D eigenvalue weighted by Crippen LogP contribution is -2.46. The molecule has 2 fully saturated rings. The Morgan fingerprint density at radius 3 is 2.69 bits per heavy atom. The van der Waals surface area contributed by atoms with E-state index in [9.17, 15) is 0 Å². The molecular formula is C22H31N5OS. The predicted molar refractivity (Wildman–Crippen MR) is 120 cm³/mol. The molecule has 2 saturated heterocycles. The van der Waals surface area contributed by atoms with Gasteiger partial charge in [-0.1, -0.05) is 12.1 Å². The van der Waals surface area contributed by atoms with Gasteiger partial charge in [-0.3, -0.25) is 4.90 Å². The van der Waals surface area contributed by atoms with Crippen molar-refractivity contribution in [3.8, 4) is 0 Å². The molecule has 0 radical (unpaired) electrons. The molecule has 3 heterocycles. The number of anilines is 2. The highest BCUT2D eigenvalue weighted by atomic mass is 32.2. The van der Waals surface area contributed by atoms with Crippen molar-refractivity contribution in [3.63, 3.8) is 0 Å². The summed E-state index contributed by atoms with van der Waals surface area (Å²) in [5, 5.41) is 0. The first-order valence-corrected chi connectivity index (χ1v) is 11.7. The Bertz CT molecular complexity index is 781.